The number of carboxylic acids is 2. The van der Waals surface area contributed by atoms with Gasteiger partial charge in [-0.1, -0.05) is 48.2 Å². The first-order chi connectivity index (χ1) is 14.3. The smallest absolute Gasteiger partial charge is 0.411 e. The van der Waals surface area contributed by atoms with Gasteiger partial charge in [0.25, 0.3) is 0 Å². The summed E-state index contributed by atoms with van der Waals surface area (Å²) in [5.41, 5.74) is -9.05. The molecule has 0 amide bonds. The van der Waals surface area contributed by atoms with Gasteiger partial charge in [0.1, 0.15) is 0 Å². The van der Waals surface area contributed by atoms with Crippen molar-refractivity contribution in [2.75, 3.05) is 0 Å². The van der Waals surface area contributed by atoms with Crippen LogP contribution in [0.3, 0.4) is 0 Å². The number of carbonyl (C=O) groups is 2. The van der Waals surface area contributed by atoms with E-state index < -0.39 is 52.0 Å². The summed E-state index contributed by atoms with van der Waals surface area (Å²) in [6, 6.07) is 6.75. The van der Waals surface area contributed by atoms with Crippen LogP contribution >= 0.6 is 0 Å². The highest BCUT2D eigenvalue weighted by Crippen LogP contribution is 2.57. The van der Waals surface area contributed by atoms with Crippen molar-refractivity contribution in [1.29, 1.82) is 0 Å². The molecule has 0 unspecified atom stereocenters. The fourth-order valence-corrected chi connectivity index (χ4v) is 3.00. The van der Waals surface area contributed by atoms with Gasteiger partial charge in [0.15, 0.2) is 0 Å². The molecular weight excluding hydrogens is 430 g/mol. The lowest BCUT2D eigenvalue weighted by molar-refractivity contribution is -0.288. The summed E-state index contributed by atoms with van der Waals surface area (Å²) in [6.07, 6.45) is -12.0. The normalized spacial score (nSPS) is 11.5. The molecule has 10 heteroatoms. The fourth-order valence-electron chi connectivity index (χ4n) is 3.00. The maximum absolute atomic E-state index is 14.4. The fraction of sp³-hybridized carbons (Fsp3) is 0.143. The zero-order valence-corrected chi connectivity index (χ0v) is 15.1. The molecule has 0 atom stereocenters. The van der Waals surface area contributed by atoms with E-state index >= 15 is 0 Å². The number of hydrogen-bond donors (Lipinski definition) is 2. The van der Waals surface area contributed by atoms with Crippen LogP contribution in [-0.2, 0) is 15.0 Å². The summed E-state index contributed by atoms with van der Waals surface area (Å²) in [5, 5.41) is 17.4. The lowest BCUT2D eigenvalue weighted by Crippen LogP contribution is -2.55. The summed E-state index contributed by atoms with van der Waals surface area (Å²) >= 11 is 0. The zero-order valence-electron chi connectivity index (χ0n) is 15.1. The minimum absolute atomic E-state index is 0.536. The highest BCUT2D eigenvalue weighted by molar-refractivity contribution is 5.88. The molecule has 0 fully saturated rings. The van der Waals surface area contributed by atoms with Crippen molar-refractivity contribution in [1.82, 2.24) is 0 Å². The summed E-state index contributed by atoms with van der Waals surface area (Å²) in [6.45, 7) is 0. The van der Waals surface area contributed by atoms with E-state index in [4.69, 9.17) is 10.2 Å². The van der Waals surface area contributed by atoms with Gasteiger partial charge in [-0.15, -0.1) is 0 Å². The molecule has 2 N–H and O–H groups in total. The van der Waals surface area contributed by atoms with Crippen LogP contribution in [0.4, 0.5) is 26.3 Å². The van der Waals surface area contributed by atoms with E-state index in [1.807, 2.05) is 11.8 Å². The molecule has 0 spiro atoms. The highest BCUT2D eigenvalue weighted by atomic mass is 19.4. The SMILES string of the molecule is O=C(O)C#Cc1ccccc1C(c1ccccc1C#CC(=O)O)(C(F)(F)F)C(F)(F)F. The van der Waals surface area contributed by atoms with Gasteiger partial charge in [-0.25, -0.2) is 9.59 Å². The molecule has 160 valence electrons. The number of halogens is 6. The predicted molar refractivity (Wildman–Crippen MR) is 94.8 cm³/mol. The van der Waals surface area contributed by atoms with E-state index in [1.54, 1.807) is 0 Å². The molecule has 0 bridgehead atoms. The zero-order chi connectivity index (χ0) is 23.4. The quantitative estimate of drug-likeness (QED) is 0.548. The number of rotatable bonds is 2. The average molecular weight is 440 g/mol. The molecule has 2 aromatic rings. The Kier molecular flexibility index (Phi) is 6.36. The van der Waals surface area contributed by atoms with Gasteiger partial charge in [-0.05, 0) is 23.3 Å². The molecule has 2 aromatic carbocycles. The molecule has 0 aromatic heterocycles. The van der Waals surface area contributed by atoms with E-state index in [2.05, 4.69) is 0 Å². The second kappa shape index (κ2) is 8.44. The van der Waals surface area contributed by atoms with Crippen molar-refractivity contribution >= 4 is 11.9 Å². The van der Waals surface area contributed by atoms with Gasteiger partial charge in [0.2, 0.25) is 5.41 Å². The first-order valence-electron chi connectivity index (χ1n) is 8.14. The van der Waals surface area contributed by atoms with Crippen molar-refractivity contribution in [2.45, 2.75) is 17.8 Å². The van der Waals surface area contributed by atoms with Gasteiger partial charge in [-0.2, -0.15) is 26.3 Å². The van der Waals surface area contributed by atoms with Gasteiger partial charge >= 0.3 is 24.3 Å². The maximum Gasteiger partial charge on any atom is 0.411 e. The van der Waals surface area contributed by atoms with E-state index in [9.17, 15) is 35.9 Å². The van der Waals surface area contributed by atoms with Gasteiger partial charge in [-0.3, -0.25) is 0 Å². The number of carboxylic acid groups (broad SMARTS) is 2. The Morgan fingerprint density at radius 2 is 0.968 bits per heavy atom. The third-order valence-electron chi connectivity index (χ3n) is 4.12. The molecule has 0 aliphatic heterocycles. The number of alkyl halides is 6. The topological polar surface area (TPSA) is 74.6 Å². The highest BCUT2D eigenvalue weighted by Gasteiger charge is 2.73. The van der Waals surface area contributed by atoms with Gasteiger partial charge < -0.3 is 10.2 Å². The largest absolute Gasteiger partial charge is 0.472 e. The number of aliphatic carboxylic acids is 2. The molecule has 0 aliphatic rings. The van der Waals surface area contributed by atoms with E-state index in [-0.39, 0.29) is 0 Å². The predicted octanol–water partition coefficient (Wildman–Crippen LogP) is 3.97. The van der Waals surface area contributed by atoms with Crippen LogP contribution in [0.2, 0.25) is 0 Å². The minimum Gasteiger partial charge on any atom is -0.472 e. The first kappa shape index (κ1) is 23.4. The second-order valence-corrected chi connectivity index (χ2v) is 5.95. The van der Waals surface area contributed by atoms with E-state index in [0.717, 1.165) is 36.4 Å². The van der Waals surface area contributed by atoms with Crippen molar-refractivity contribution in [3.8, 4) is 23.7 Å². The third kappa shape index (κ3) is 4.48. The molecule has 0 saturated carbocycles. The van der Waals surface area contributed by atoms with Crippen LogP contribution in [0.1, 0.15) is 22.3 Å². The first-order valence-corrected chi connectivity index (χ1v) is 8.14. The Hall–Kier alpha value is -3.92. The number of hydrogen-bond acceptors (Lipinski definition) is 2. The van der Waals surface area contributed by atoms with E-state index in [0.29, 0.717) is 12.1 Å². The van der Waals surface area contributed by atoms with Crippen LogP contribution in [0.5, 0.6) is 0 Å². The Labute approximate surface area is 171 Å². The summed E-state index contributed by atoms with van der Waals surface area (Å²) in [4.78, 5) is 21.4. The van der Waals surface area contributed by atoms with Crippen LogP contribution in [-0.4, -0.2) is 34.5 Å². The molecule has 0 saturated heterocycles. The molecule has 2 rings (SSSR count). The van der Waals surface area contributed by atoms with Crippen LogP contribution in [0.25, 0.3) is 0 Å². The molecule has 4 nitrogen and oxygen atoms in total. The standard InChI is InChI=1S/C21H10F6O4/c22-20(23,24)19(21(25,26)27,15-7-3-1-5-13(15)9-11-17(28)29)16-8-4-2-6-14(16)10-12-18(30)31/h1-8H,(H,28,29)(H,30,31). The van der Waals surface area contributed by atoms with Crippen LogP contribution in [0, 0.1) is 23.7 Å². The monoisotopic (exact) mass is 440 g/mol. The molecule has 31 heavy (non-hydrogen) atoms. The van der Waals surface area contributed by atoms with Crippen molar-refractivity contribution < 1.29 is 46.1 Å². The van der Waals surface area contributed by atoms with Crippen molar-refractivity contribution in [3.63, 3.8) is 0 Å². The molecule has 0 aliphatic carbocycles. The Bertz CT molecular complexity index is 1050. The summed E-state index contributed by atoms with van der Waals surface area (Å²) < 4.78 is 86.1. The van der Waals surface area contributed by atoms with Gasteiger partial charge in [0.05, 0.1) is 0 Å². The maximum atomic E-state index is 14.4. The molecule has 0 radical (unpaired) electrons. The second-order valence-electron chi connectivity index (χ2n) is 5.95. The summed E-state index contributed by atoms with van der Waals surface area (Å²) in [7, 11) is 0. The lowest BCUT2D eigenvalue weighted by Gasteiger charge is -2.39. The van der Waals surface area contributed by atoms with Crippen molar-refractivity contribution in [3.05, 3.63) is 70.8 Å². The van der Waals surface area contributed by atoms with E-state index in [1.165, 1.54) is 11.8 Å². The van der Waals surface area contributed by atoms with Crippen molar-refractivity contribution in [2.24, 2.45) is 0 Å². The third-order valence-corrected chi connectivity index (χ3v) is 4.12. The molecule has 0 heterocycles. The summed E-state index contributed by atoms with van der Waals surface area (Å²) in [5.74, 6) is 3.15. The van der Waals surface area contributed by atoms with Crippen LogP contribution in [0.15, 0.2) is 48.5 Å². The Morgan fingerprint density at radius 1 is 0.645 bits per heavy atom. The minimum atomic E-state index is -5.99. The van der Waals surface area contributed by atoms with Crippen LogP contribution < -0.4 is 0 Å². The Balaban J connectivity index is 3.10. The molecular formula is C21H10F6O4. The average Bonchev–Trinajstić information content (AvgIpc) is 2.64. The lowest BCUT2D eigenvalue weighted by atomic mass is 9.69. The Morgan fingerprint density at radius 3 is 1.26 bits per heavy atom. The van der Waals surface area contributed by atoms with Gasteiger partial charge in [0, 0.05) is 23.0 Å². The number of benzene rings is 2.